The van der Waals surface area contributed by atoms with E-state index in [1.165, 1.54) is 4.90 Å². The predicted molar refractivity (Wildman–Crippen MR) is 134 cm³/mol. The summed E-state index contributed by atoms with van der Waals surface area (Å²) in [5.41, 5.74) is 1.16. The summed E-state index contributed by atoms with van der Waals surface area (Å²) in [7, 11) is -2.18. The van der Waals surface area contributed by atoms with Crippen molar-refractivity contribution in [2.24, 2.45) is 5.92 Å². The number of para-hydroxylation sites is 1. The molecule has 1 unspecified atom stereocenters. The van der Waals surface area contributed by atoms with Crippen molar-refractivity contribution in [3.05, 3.63) is 60.2 Å². The molecule has 0 aliphatic carbocycles. The van der Waals surface area contributed by atoms with Crippen LogP contribution in [0.1, 0.15) is 32.8 Å². The van der Waals surface area contributed by atoms with E-state index in [0.717, 1.165) is 16.1 Å². The quantitative estimate of drug-likeness (QED) is 0.494. The fourth-order valence-electron chi connectivity index (χ4n) is 3.52. The van der Waals surface area contributed by atoms with Gasteiger partial charge in [-0.05, 0) is 42.2 Å². The highest BCUT2D eigenvalue weighted by molar-refractivity contribution is 7.92. The smallest absolute Gasteiger partial charge is 0.244 e. The van der Waals surface area contributed by atoms with Gasteiger partial charge in [0.05, 0.1) is 19.1 Å². The fourth-order valence-corrected chi connectivity index (χ4v) is 4.37. The van der Waals surface area contributed by atoms with Crippen LogP contribution in [0.4, 0.5) is 5.69 Å². The number of carbonyl (C=O) groups is 2. The van der Waals surface area contributed by atoms with E-state index in [1.54, 1.807) is 49.6 Å². The number of carbonyl (C=O) groups excluding carboxylic acids is 2. The monoisotopic (exact) mass is 489 g/mol. The Morgan fingerprint density at radius 3 is 2.29 bits per heavy atom. The van der Waals surface area contributed by atoms with Crippen LogP contribution in [0, 0.1) is 5.92 Å². The zero-order valence-corrected chi connectivity index (χ0v) is 21.3. The molecule has 0 aliphatic heterocycles. The van der Waals surface area contributed by atoms with Crippen LogP contribution >= 0.6 is 0 Å². The van der Waals surface area contributed by atoms with E-state index >= 15 is 0 Å². The molecule has 0 bridgehead atoms. The molecule has 2 amide bonds. The highest BCUT2D eigenvalue weighted by Gasteiger charge is 2.31. The molecule has 2 aromatic carbocycles. The molecular formula is C25H35N3O5S. The minimum Gasteiger partial charge on any atom is -0.497 e. The van der Waals surface area contributed by atoms with E-state index in [0.29, 0.717) is 24.4 Å². The third-order valence-corrected chi connectivity index (χ3v) is 6.42. The molecule has 0 saturated heterocycles. The molecule has 0 aromatic heterocycles. The molecule has 8 nitrogen and oxygen atoms in total. The molecule has 0 spiro atoms. The van der Waals surface area contributed by atoms with Gasteiger partial charge in [-0.15, -0.1) is 0 Å². The number of nitrogens with zero attached hydrogens (tertiary/aromatic N) is 2. The van der Waals surface area contributed by atoms with Gasteiger partial charge in [0.2, 0.25) is 21.8 Å². The normalized spacial score (nSPS) is 12.2. The number of sulfonamides is 1. The summed E-state index contributed by atoms with van der Waals surface area (Å²) in [4.78, 5) is 28.1. The largest absolute Gasteiger partial charge is 0.497 e. The second kappa shape index (κ2) is 12.4. The van der Waals surface area contributed by atoms with Crippen LogP contribution in [-0.4, -0.2) is 57.6 Å². The number of methoxy groups -OCH3 is 1. The molecular weight excluding hydrogens is 454 g/mol. The Morgan fingerprint density at radius 2 is 1.74 bits per heavy atom. The van der Waals surface area contributed by atoms with E-state index in [-0.39, 0.29) is 18.4 Å². The molecule has 0 fully saturated rings. The highest BCUT2D eigenvalue weighted by Crippen LogP contribution is 2.20. The van der Waals surface area contributed by atoms with E-state index < -0.39 is 28.5 Å². The number of ether oxygens (including phenoxy) is 1. The predicted octanol–water partition coefficient (Wildman–Crippen LogP) is 3.04. The second-order valence-corrected chi connectivity index (χ2v) is 10.4. The van der Waals surface area contributed by atoms with E-state index in [9.17, 15) is 18.0 Å². The van der Waals surface area contributed by atoms with Gasteiger partial charge in [0.1, 0.15) is 18.3 Å². The number of benzene rings is 2. The third-order valence-electron chi connectivity index (χ3n) is 5.28. The average molecular weight is 490 g/mol. The van der Waals surface area contributed by atoms with E-state index in [2.05, 4.69) is 5.32 Å². The Bertz CT molecular complexity index is 1060. The molecule has 0 radical (unpaired) electrons. The van der Waals surface area contributed by atoms with Gasteiger partial charge in [0.15, 0.2) is 0 Å². The van der Waals surface area contributed by atoms with Gasteiger partial charge in [-0.25, -0.2) is 8.42 Å². The maximum Gasteiger partial charge on any atom is 0.244 e. The van der Waals surface area contributed by atoms with Gasteiger partial charge in [-0.1, -0.05) is 51.1 Å². The topological polar surface area (TPSA) is 96.0 Å². The Hall–Kier alpha value is -3.07. The average Bonchev–Trinajstić information content (AvgIpc) is 2.80. The Labute approximate surface area is 202 Å². The number of anilines is 1. The molecule has 0 saturated carbocycles. The van der Waals surface area contributed by atoms with Crippen LogP contribution in [0.15, 0.2) is 54.6 Å². The van der Waals surface area contributed by atoms with Gasteiger partial charge in [-0.2, -0.15) is 0 Å². The van der Waals surface area contributed by atoms with Gasteiger partial charge < -0.3 is 15.0 Å². The summed E-state index contributed by atoms with van der Waals surface area (Å²) in [6, 6.07) is 14.9. The van der Waals surface area contributed by atoms with Crippen LogP contribution in [0.5, 0.6) is 5.75 Å². The first-order chi connectivity index (χ1) is 16.1. The zero-order valence-electron chi connectivity index (χ0n) is 20.5. The van der Waals surface area contributed by atoms with Gasteiger partial charge in [0.25, 0.3) is 0 Å². The summed E-state index contributed by atoms with van der Waals surface area (Å²) in [5.74, 6) is 0.147. The fraction of sp³-hybridized carbons (Fsp3) is 0.440. The van der Waals surface area contributed by atoms with Crippen molar-refractivity contribution in [1.29, 1.82) is 0 Å². The minimum absolute atomic E-state index is 0.135. The van der Waals surface area contributed by atoms with Crippen molar-refractivity contribution in [2.45, 2.75) is 39.8 Å². The van der Waals surface area contributed by atoms with Crippen molar-refractivity contribution >= 4 is 27.5 Å². The highest BCUT2D eigenvalue weighted by atomic mass is 32.2. The summed E-state index contributed by atoms with van der Waals surface area (Å²) < 4.78 is 31.4. The number of rotatable bonds is 12. The van der Waals surface area contributed by atoms with Gasteiger partial charge in [-0.3, -0.25) is 13.9 Å². The first kappa shape index (κ1) is 27.2. The summed E-state index contributed by atoms with van der Waals surface area (Å²) in [6.07, 6.45) is 1.44. The molecule has 1 atom stereocenters. The van der Waals surface area contributed by atoms with Gasteiger partial charge >= 0.3 is 0 Å². The summed E-state index contributed by atoms with van der Waals surface area (Å²) in [5, 5.41) is 2.90. The van der Waals surface area contributed by atoms with Crippen LogP contribution in [0.25, 0.3) is 0 Å². The molecule has 0 heterocycles. The number of amides is 2. The number of nitrogens with one attached hydrogen (secondary N) is 1. The third kappa shape index (κ3) is 7.76. The maximum atomic E-state index is 13.6. The van der Waals surface area contributed by atoms with Crippen LogP contribution < -0.4 is 14.4 Å². The van der Waals surface area contributed by atoms with Crippen LogP contribution in [0.3, 0.4) is 0 Å². The minimum atomic E-state index is -3.74. The van der Waals surface area contributed by atoms with Crippen LogP contribution in [0.2, 0.25) is 0 Å². The lowest BCUT2D eigenvalue weighted by molar-refractivity contribution is -0.140. The standard InChI is InChI=1S/C25H35N3O5S/c1-6-23(25(30)26-16-19(2)3)27(17-20-11-10-14-22(15-20)33-4)24(29)18-28(34(5,31)32)21-12-8-7-9-13-21/h7-15,19,23H,6,16-18H2,1-5H3,(H,26,30). The molecule has 34 heavy (non-hydrogen) atoms. The zero-order chi connectivity index (χ0) is 25.3. The summed E-state index contributed by atoms with van der Waals surface area (Å²) >= 11 is 0. The molecule has 0 aliphatic rings. The first-order valence-electron chi connectivity index (χ1n) is 11.3. The number of hydrogen-bond acceptors (Lipinski definition) is 5. The molecule has 9 heteroatoms. The SMILES string of the molecule is CCC(C(=O)NCC(C)C)N(Cc1cccc(OC)c1)C(=O)CN(c1ccccc1)S(C)(=O)=O. The van der Waals surface area contributed by atoms with Crippen molar-refractivity contribution in [3.8, 4) is 5.75 Å². The lowest BCUT2D eigenvalue weighted by Gasteiger charge is -2.33. The first-order valence-corrected chi connectivity index (χ1v) is 13.1. The second-order valence-electron chi connectivity index (χ2n) is 8.54. The van der Waals surface area contributed by atoms with Crippen molar-refractivity contribution in [2.75, 3.05) is 30.8 Å². The Balaban J connectivity index is 2.41. The van der Waals surface area contributed by atoms with Gasteiger partial charge in [0, 0.05) is 13.1 Å². The molecule has 1 N–H and O–H groups in total. The molecule has 2 rings (SSSR count). The van der Waals surface area contributed by atoms with Crippen LogP contribution in [-0.2, 0) is 26.2 Å². The van der Waals surface area contributed by atoms with E-state index in [1.807, 2.05) is 32.9 Å². The summed E-state index contributed by atoms with van der Waals surface area (Å²) in [6.45, 7) is 6.01. The van der Waals surface area contributed by atoms with Crippen molar-refractivity contribution < 1.29 is 22.7 Å². The molecule has 186 valence electrons. The van der Waals surface area contributed by atoms with Crippen molar-refractivity contribution in [3.63, 3.8) is 0 Å². The maximum absolute atomic E-state index is 13.6. The number of hydrogen-bond donors (Lipinski definition) is 1. The van der Waals surface area contributed by atoms with Crippen molar-refractivity contribution in [1.82, 2.24) is 10.2 Å². The molecule has 2 aromatic rings. The lowest BCUT2D eigenvalue weighted by atomic mass is 10.1. The lowest BCUT2D eigenvalue weighted by Crippen LogP contribution is -2.52. The van der Waals surface area contributed by atoms with E-state index in [4.69, 9.17) is 4.74 Å². The Kier molecular flexibility index (Phi) is 9.92. The Morgan fingerprint density at radius 1 is 1.06 bits per heavy atom.